The van der Waals surface area contributed by atoms with Crippen molar-refractivity contribution in [3.05, 3.63) is 41.5 Å². The number of amides is 1. The van der Waals surface area contributed by atoms with Crippen LogP contribution in [0.25, 0.3) is 0 Å². The van der Waals surface area contributed by atoms with Gasteiger partial charge in [-0.3, -0.25) is 9.59 Å². The van der Waals surface area contributed by atoms with Crippen LogP contribution in [0.4, 0.5) is 5.69 Å². The third kappa shape index (κ3) is 3.16. The monoisotopic (exact) mass is 371 g/mol. The van der Waals surface area contributed by atoms with E-state index in [0.717, 1.165) is 0 Å². The largest absolute Gasteiger partial charge is 0.495 e. The molecular weight excluding hydrogens is 350 g/mol. The fourth-order valence-corrected chi connectivity index (χ4v) is 3.21. The van der Waals surface area contributed by atoms with Crippen molar-refractivity contribution in [2.75, 3.05) is 39.9 Å². The van der Waals surface area contributed by atoms with E-state index < -0.39 is 0 Å². The lowest BCUT2D eigenvalue weighted by molar-refractivity contribution is 0.0953. The molecule has 0 bridgehead atoms. The molecule has 0 N–H and O–H groups in total. The van der Waals surface area contributed by atoms with Crippen molar-refractivity contribution in [2.24, 2.45) is 0 Å². The number of Topliss-reactive ketones (excluding diaryl/α,β-unsaturated/α-hetero) is 1. The standard InChI is InChI=1S/C20H21NO6/c1-24-15-7-5-6-13-14(22)8-9-21(18(13)15)20(23)12-10-16(25-2)19(27-4)17(11-12)26-3/h5-7,10-11H,8-9H2,1-4H3. The van der Waals surface area contributed by atoms with Gasteiger partial charge in [0.15, 0.2) is 17.3 Å². The molecule has 0 radical (unpaired) electrons. The van der Waals surface area contributed by atoms with E-state index in [4.69, 9.17) is 18.9 Å². The van der Waals surface area contributed by atoms with Gasteiger partial charge in [0, 0.05) is 24.1 Å². The first-order chi connectivity index (χ1) is 13.0. The Kier molecular flexibility index (Phi) is 5.21. The lowest BCUT2D eigenvalue weighted by atomic mass is 9.98. The van der Waals surface area contributed by atoms with Gasteiger partial charge in [0.1, 0.15) is 5.75 Å². The van der Waals surface area contributed by atoms with E-state index >= 15 is 0 Å². The molecule has 2 aromatic carbocycles. The van der Waals surface area contributed by atoms with Crippen LogP contribution in [0.3, 0.4) is 0 Å². The molecule has 0 spiro atoms. The van der Waals surface area contributed by atoms with Crippen molar-refractivity contribution in [1.82, 2.24) is 0 Å². The molecule has 7 nitrogen and oxygen atoms in total. The average molecular weight is 371 g/mol. The van der Waals surface area contributed by atoms with Crippen LogP contribution in [0.1, 0.15) is 27.1 Å². The summed E-state index contributed by atoms with van der Waals surface area (Å²) in [6.45, 7) is 0.266. The number of anilines is 1. The van der Waals surface area contributed by atoms with Crippen LogP contribution < -0.4 is 23.8 Å². The first-order valence-electron chi connectivity index (χ1n) is 8.37. The fraction of sp³-hybridized carbons (Fsp3) is 0.300. The molecule has 0 aromatic heterocycles. The zero-order chi connectivity index (χ0) is 19.6. The highest BCUT2D eigenvalue weighted by Crippen LogP contribution is 2.41. The number of carbonyl (C=O) groups excluding carboxylic acids is 2. The number of methoxy groups -OCH3 is 4. The molecule has 3 rings (SSSR count). The Hall–Kier alpha value is -3.22. The van der Waals surface area contributed by atoms with E-state index in [2.05, 4.69) is 0 Å². The maximum atomic E-state index is 13.3. The van der Waals surface area contributed by atoms with Gasteiger partial charge >= 0.3 is 0 Å². The van der Waals surface area contributed by atoms with E-state index in [9.17, 15) is 9.59 Å². The number of carbonyl (C=O) groups is 2. The summed E-state index contributed by atoms with van der Waals surface area (Å²) in [6, 6.07) is 8.36. The molecule has 0 saturated heterocycles. The molecule has 1 aliphatic rings. The van der Waals surface area contributed by atoms with Crippen molar-refractivity contribution in [3.63, 3.8) is 0 Å². The van der Waals surface area contributed by atoms with Crippen LogP contribution in [0.2, 0.25) is 0 Å². The molecular formula is C20H21NO6. The van der Waals surface area contributed by atoms with Gasteiger partial charge < -0.3 is 23.8 Å². The minimum atomic E-state index is -0.285. The third-order valence-corrected chi connectivity index (χ3v) is 4.51. The van der Waals surface area contributed by atoms with E-state index in [-0.39, 0.29) is 24.7 Å². The van der Waals surface area contributed by atoms with Crippen LogP contribution >= 0.6 is 0 Å². The number of hydrogen-bond donors (Lipinski definition) is 0. The second-order valence-corrected chi connectivity index (χ2v) is 5.90. The number of fused-ring (bicyclic) bond motifs is 1. The minimum Gasteiger partial charge on any atom is -0.495 e. The van der Waals surface area contributed by atoms with E-state index in [1.54, 1.807) is 35.2 Å². The van der Waals surface area contributed by atoms with Crippen LogP contribution in [0, 0.1) is 0 Å². The summed E-state index contributed by atoms with van der Waals surface area (Å²) in [6.07, 6.45) is 0.246. The number of ketones is 1. The molecule has 0 saturated carbocycles. The molecule has 2 aromatic rings. The van der Waals surface area contributed by atoms with E-state index in [1.807, 2.05) is 0 Å². The summed E-state index contributed by atoms with van der Waals surface area (Å²) >= 11 is 0. The number of benzene rings is 2. The van der Waals surface area contributed by atoms with Gasteiger partial charge in [-0.25, -0.2) is 0 Å². The summed E-state index contributed by atoms with van der Waals surface area (Å²) in [7, 11) is 5.99. The number of para-hydroxylation sites is 1. The van der Waals surface area contributed by atoms with Crippen molar-refractivity contribution < 1.29 is 28.5 Å². The second kappa shape index (κ2) is 7.57. The Morgan fingerprint density at radius 1 is 0.926 bits per heavy atom. The highest BCUT2D eigenvalue weighted by atomic mass is 16.5. The zero-order valence-electron chi connectivity index (χ0n) is 15.7. The summed E-state index contributed by atoms with van der Waals surface area (Å²) in [4.78, 5) is 27.1. The molecule has 0 aliphatic carbocycles. The number of rotatable bonds is 5. The average Bonchev–Trinajstić information content (AvgIpc) is 2.72. The van der Waals surface area contributed by atoms with Crippen LogP contribution in [0.5, 0.6) is 23.0 Å². The summed E-state index contributed by atoms with van der Waals surface area (Å²) in [5.41, 5.74) is 1.31. The predicted molar refractivity (Wildman–Crippen MR) is 99.7 cm³/mol. The molecule has 0 unspecified atom stereocenters. The summed E-state index contributed by atoms with van der Waals surface area (Å²) < 4.78 is 21.4. The Labute approximate surface area is 157 Å². The van der Waals surface area contributed by atoms with E-state index in [0.29, 0.717) is 39.8 Å². The highest BCUT2D eigenvalue weighted by Gasteiger charge is 2.31. The first kappa shape index (κ1) is 18.6. The molecule has 0 atom stereocenters. The molecule has 27 heavy (non-hydrogen) atoms. The molecule has 1 heterocycles. The molecule has 0 fully saturated rings. The first-order valence-corrected chi connectivity index (χ1v) is 8.37. The number of hydrogen-bond acceptors (Lipinski definition) is 6. The van der Waals surface area contributed by atoms with Gasteiger partial charge in [0.25, 0.3) is 5.91 Å². The van der Waals surface area contributed by atoms with Crippen molar-refractivity contribution in [2.45, 2.75) is 6.42 Å². The Morgan fingerprint density at radius 2 is 1.56 bits per heavy atom. The summed E-state index contributed by atoms with van der Waals surface area (Å²) in [5, 5.41) is 0. The molecule has 7 heteroatoms. The van der Waals surface area contributed by atoms with Crippen LogP contribution in [0.15, 0.2) is 30.3 Å². The highest BCUT2D eigenvalue weighted by molar-refractivity contribution is 6.14. The van der Waals surface area contributed by atoms with Gasteiger partial charge in [0.2, 0.25) is 5.75 Å². The fourth-order valence-electron chi connectivity index (χ4n) is 3.21. The lowest BCUT2D eigenvalue weighted by Gasteiger charge is -2.30. The smallest absolute Gasteiger partial charge is 0.258 e. The van der Waals surface area contributed by atoms with E-state index in [1.165, 1.54) is 28.4 Å². The van der Waals surface area contributed by atoms with Gasteiger partial charge in [0.05, 0.1) is 34.1 Å². The van der Waals surface area contributed by atoms with Gasteiger partial charge in [-0.2, -0.15) is 0 Å². The van der Waals surface area contributed by atoms with Crippen molar-refractivity contribution >= 4 is 17.4 Å². The number of ether oxygens (including phenoxy) is 4. The zero-order valence-corrected chi connectivity index (χ0v) is 15.7. The van der Waals surface area contributed by atoms with Crippen molar-refractivity contribution in [1.29, 1.82) is 0 Å². The maximum absolute atomic E-state index is 13.3. The topological polar surface area (TPSA) is 74.3 Å². The Morgan fingerprint density at radius 3 is 2.11 bits per heavy atom. The SMILES string of the molecule is COc1cc(C(=O)N2CCC(=O)c3cccc(OC)c32)cc(OC)c1OC. The molecule has 142 valence electrons. The summed E-state index contributed by atoms with van der Waals surface area (Å²) in [5.74, 6) is 1.34. The second-order valence-electron chi connectivity index (χ2n) is 5.90. The third-order valence-electron chi connectivity index (χ3n) is 4.51. The lowest BCUT2D eigenvalue weighted by Crippen LogP contribution is -2.37. The van der Waals surface area contributed by atoms with Gasteiger partial charge in [-0.15, -0.1) is 0 Å². The molecule has 1 aliphatic heterocycles. The van der Waals surface area contributed by atoms with Gasteiger partial charge in [-0.1, -0.05) is 6.07 Å². The van der Waals surface area contributed by atoms with Gasteiger partial charge in [-0.05, 0) is 24.3 Å². The quantitative estimate of drug-likeness (QED) is 0.805. The normalized spacial score (nSPS) is 13.0. The Balaban J connectivity index is 2.10. The Bertz CT molecular complexity index is 867. The van der Waals surface area contributed by atoms with Crippen LogP contribution in [-0.2, 0) is 0 Å². The number of nitrogens with zero attached hydrogens (tertiary/aromatic N) is 1. The predicted octanol–water partition coefficient (Wildman–Crippen LogP) is 2.95. The minimum absolute atomic E-state index is 0.0159. The van der Waals surface area contributed by atoms with Crippen molar-refractivity contribution in [3.8, 4) is 23.0 Å². The maximum Gasteiger partial charge on any atom is 0.258 e. The molecule has 1 amide bonds. The van der Waals surface area contributed by atoms with Crippen LogP contribution in [-0.4, -0.2) is 46.7 Å².